The highest BCUT2D eigenvalue weighted by atomic mass is 79.9. The van der Waals surface area contributed by atoms with Crippen LogP contribution < -0.4 is 4.74 Å². The van der Waals surface area contributed by atoms with Crippen molar-refractivity contribution >= 4 is 44.9 Å². The van der Waals surface area contributed by atoms with Gasteiger partial charge >= 0.3 is 0 Å². The molecule has 2 amide bonds. The highest BCUT2D eigenvalue weighted by Gasteiger charge is 2.32. The molecule has 1 fully saturated rings. The van der Waals surface area contributed by atoms with Crippen LogP contribution in [0, 0.1) is 0 Å². The van der Waals surface area contributed by atoms with E-state index >= 15 is 0 Å². The number of benzene rings is 1. The minimum Gasteiger partial charge on any atom is -0.485 e. The number of likely N-dealkylation sites (N-methyl/N-ethyl adjacent to an activating group) is 1. The summed E-state index contributed by atoms with van der Waals surface area (Å²) in [5.41, 5.74) is 1.82. The molecule has 1 unspecified atom stereocenters. The van der Waals surface area contributed by atoms with Crippen molar-refractivity contribution in [1.29, 1.82) is 0 Å². The molecule has 108 valence electrons. The van der Waals surface area contributed by atoms with Crippen LogP contribution in [-0.2, 0) is 4.79 Å². The summed E-state index contributed by atoms with van der Waals surface area (Å²) in [5, 5.41) is -0.251. The van der Waals surface area contributed by atoms with Gasteiger partial charge in [0.25, 0.3) is 11.1 Å². The number of nitrogens with zero attached hydrogens (tertiary/aromatic N) is 1. The van der Waals surface area contributed by atoms with Crippen molar-refractivity contribution in [2.75, 3.05) is 7.05 Å². The maximum atomic E-state index is 11.9. The van der Waals surface area contributed by atoms with Gasteiger partial charge in [0.2, 0.25) is 0 Å². The third-order valence-electron chi connectivity index (χ3n) is 3.35. The van der Waals surface area contributed by atoms with Crippen molar-refractivity contribution in [3.05, 3.63) is 44.8 Å². The van der Waals surface area contributed by atoms with E-state index in [2.05, 4.69) is 15.9 Å². The summed E-state index contributed by atoms with van der Waals surface area (Å²) in [5.74, 6) is 0.546. The summed E-state index contributed by atoms with van der Waals surface area (Å²) in [6.07, 6.45) is 3.56. The van der Waals surface area contributed by atoms with Crippen LogP contribution in [0.3, 0.4) is 0 Å². The van der Waals surface area contributed by atoms with Gasteiger partial charge in [-0.1, -0.05) is 15.9 Å². The monoisotopic (exact) mass is 365 g/mol. The molecule has 1 atom stereocenters. The molecular weight excluding hydrogens is 354 g/mol. The first-order valence-corrected chi connectivity index (χ1v) is 7.96. The third-order valence-corrected chi connectivity index (χ3v) is 4.81. The second-order valence-electron chi connectivity index (χ2n) is 4.83. The SMILES string of the molecule is CC1Oc2ccc(Br)cc2C=C1/C=C1\SC(=O)N(C)C1=O. The lowest BCUT2D eigenvalue weighted by atomic mass is 10.0. The fourth-order valence-electron chi connectivity index (χ4n) is 2.15. The normalized spacial score (nSPS) is 23.2. The molecule has 0 N–H and O–H groups in total. The van der Waals surface area contributed by atoms with E-state index in [0.29, 0.717) is 4.91 Å². The third kappa shape index (κ3) is 2.65. The molecule has 4 nitrogen and oxygen atoms in total. The van der Waals surface area contributed by atoms with E-state index in [-0.39, 0.29) is 17.3 Å². The lowest BCUT2D eigenvalue weighted by Gasteiger charge is -2.23. The van der Waals surface area contributed by atoms with Crippen molar-refractivity contribution in [2.24, 2.45) is 0 Å². The molecule has 0 bridgehead atoms. The zero-order chi connectivity index (χ0) is 15.1. The highest BCUT2D eigenvalue weighted by molar-refractivity contribution is 9.10. The molecular formula is C15H12BrNO3S. The van der Waals surface area contributed by atoms with Gasteiger partial charge in [-0.3, -0.25) is 14.5 Å². The van der Waals surface area contributed by atoms with Crippen molar-refractivity contribution in [3.63, 3.8) is 0 Å². The number of hydrogen-bond acceptors (Lipinski definition) is 4. The van der Waals surface area contributed by atoms with Crippen molar-refractivity contribution in [1.82, 2.24) is 4.90 Å². The van der Waals surface area contributed by atoms with E-state index in [0.717, 1.165) is 38.0 Å². The number of ether oxygens (including phenoxy) is 1. The van der Waals surface area contributed by atoms with Gasteiger partial charge in [-0.15, -0.1) is 0 Å². The van der Waals surface area contributed by atoms with Gasteiger partial charge in [-0.05, 0) is 54.6 Å². The molecule has 1 aromatic rings. The number of imide groups is 1. The summed E-state index contributed by atoms with van der Waals surface area (Å²) < 4.78 is 6.81. The fourth-order valence-corrected chi connectivity index (χ4v) is 3.36. The van der Waals surface area contributed by atoms with Gasteiger partial charge in [0.1, 0.15) is 11.9 Å². The van der Waals surface area contributed by atoms with Crippen LogP contribution in [0.15, 0.2) is 39.2 Å². The molecule has 2 aliphatic heterocycles. The van der Waals surface area contributed by atoms with Crippen molar-refractivity contribution in [3.8, 4) is 5.75 Å². The van der Waals surface area contributed by atoms with E-state index in [1.165, 1.54) is 7.05 Å². The Morgan fingerprint density at radius 3 is 2.81 bits per heavy atom. The predicted octanol–water partition coefficient (Wildman–Crippen LogP) is 3.82. The number of fused-ring (bicyclic) bond motifs is 1. The first-order valence-electron chi connectivity index (χ1n) is 6.35. The quantitative estimate of drug-likeness (QED) is 0.709. The maximum absolute atomic E-state index is 11.9. The molecule has 21 heavy (non-hydrogen) atoms. The molecule has 1 aromatic carbocycles. The van der Waals surface area contributed by atoms with Gasteiger partial charge in [0.05, 0.1) is 4.91 Å². The molecule has 1 saturated heterocycles. The lowest BCUT2D eigenvalue weighted by molar-refractivity contribution is -0.121. The Morgan fingerprint density at radius 1 is 1.38 bits per heavy atom. The van der Waals surface area contributed by atoms with Crippen LogP contribution in [0.4, 0.5) is 4.79 Å². The van der Waals surface area contributed by atoms with Crippen molar-refractivity contribution < 1.29 is 14.3 Å². The number of rotatable bonds is 1. The molecule has 0 saturated carbocycles. The standard InChI is InChI=1S/C15H12BrNO3S/c1-8-9(7-13-14(18)17(2)15(19)21-13)5-10-6-11(16)3-4-12(10)20-8/h3-8H,1-2H3/b13-7-. The molecule has 0 aromatic heterocycles. The number of hydrogen-bond donors (Lipinski definition) is 0. The summed E-state index contributed by atoms with van der Waals surface area (Å²) in [6, 6.07) is 5.79. The minimum absolute atomic E-state index is 0.166. The summed E-state index contributed by atoms with van der Waals surface area (Å²) in [4.78, 5) is 25.0. The first-order chi connectivity index (χ1) is 9.95. The number of carbonyl (C=O) groups excluding carboxylic acids is 2. The topological polar surface area (TPSA) is 46.6 Å². The largest absolute Gasteiger partial charge is 0.485 e. The van der Waals surface area contributed by atoms with Gasteiger partial charge < -0.3 is 4.74 Å². The van der Waals surface area contributed by atoms with E-state index in [1.807, 2.05) is 31.2 Å². The number of amides is 2. The molecule has 2 aliphatic rings. The summed E-state index contributed by atoms with van der Waals surface area (Å²) in [6.45, 7) is 1.92. The number of halogens is 1. The van der Waals surface area contributed by atoms with E-state index in [1.54, 1.807) is 6.08 Å². The Hall–Kier alpha value is -1.53. The highest BCUT2D eigenvalue weighted by Crippen LogP contribution is 2.35. The Labute approximate surface area is 135 Å². The zero-order valence-electron chi connectivity index (χ0n) is 11.4. The molecule has 0 radical (unpaired) electrons. The average Bonchev–Trinajstić information content (AvgIpc) is 2.68. The van der Waals surface area contributed by atoms with Crippen LogP contribution in [0.1, 0.15) is 12.5 Å². The van der Waals surface area contributed by atoms with Gasteiger partial charge in [0.15, 0.2) is 0 Å². The smallest absolute Gasteiger partial charge is 0.293 e. The average molecular weight is 366 g/mol. The second kappa shape index (κ2) is 5.35. The first kappa shape index (κ1) is 14.4. The van der Waals surface area contributed by atoms with Crippen LogP contribution >= 0.6 is 27.7 Å². The lowest BCUT2D eigenvalue weighted by Crippen LogP contribution is -2.23. The van der Waals surface area contributed by atoms with Gasteiger partial charge in [0, 0.05) is 17.1 Å². The summed E-state index contributed by atoms with van der Waals surface area (Å²) in [7, 11) is 1.49. The second-order valence-corrected chi connectivity index (χ2v) is 6.74. The van der Waals surface area contributed by atoms with Crippen LogP contribution in [0.25, 0.3) is 6.08 Å². The zero-order valence-corrected chi connectivity index (χ0v) is 13.8. The number of carbonyl (C=O) groups is 2. The molecule has 2 heterocycles. The van der Waals surface area contributed by atoms with Gasteiger partial charge in [-0.2, -0.15) is 0 Å². The van der Waals surface area contributed by atoms with Crippen LogP contribution in [0.2, 0.25) is 0 Å². The Morgan fingerprint density at radius 2 is 2.14 bits per heavy atom. The van der Waals surface area contributed by atoms with E-state index < -0.39 is 0 Å². The molecule has 3 rings (SSSR count). The fraction of sp³-hybridized carbons (Fsp3) is 0.200. The van der Waals surface area contributed by atoms with Gasteiger partial charge in [-0.25, -0.2) is 0 Å². The minimum atomic E-state index is -0.266. The summed E-state index contributed by atoms with van der Waals surface area (Å²) >= 11 is 4.38. The molecule has 0 aliphatic carbocycles. The molecule has 6 heteroatoms. The Kier molecular flexibility index (Phi) is 3.67. The van der Waals surface area contributed by atoms with Crippen molar-refractivity contribution in [2.45, 2.75) is 13.0 Å². The van der Waals surface area contributed by atoms with Crippen LogP contribution in [-0.4, -0.2) is 29.2 Å². The Balaban J connectivity index is 1.99. The molecule has 0 spiro atoms. The number of thioether (sulfide) groups is 1. The van der Waals surface area contributed by atoms with E-state index in [9.17, 15) is 9.59 Å². The predicted molar refractivity (Wildman–Crippen MR) is 86.0 cm³/mol. The maximum Gasteiger partial charge on any atom is 0.293 e. The Bertz CT molecular complexity index is 711. The van der Waals surface area contributed by atoms with Crippen LogP contribution in [0.5, 0.6) is 5.75 Å². The van der Waals surface area contributed by atoms with E-state index in [4.69, 9.17) is 4.74 Å².